The van der Waals surface area contributed by atoms with E-state index in [1.165, 1.54) is 18.4 Å². The molecule has 2 aromatic heterocycles. The molecule has 3 aromatic rings. The average Bonchev–Trinajstić information content (AvgIpc) is 3.90. The molecular formula is C36H42N8O4. The van der Waals surface area contributed by atoms with E-state index in [-0.39, 0.29) is 18.2 Å². The molecular weight excluding hydrogens is 608 g/mol. The van der Waals surface area contributed by atoms with Crippen molar-refractivity contribution in [2.45, 2.75) is 88.1 Å². The molecule has 1 unspecified atom stereocenters. The molecule has 1 saturated carbocycles. The monoisotopic (exact) mass is 650 g/mol. The maximum Gasteiger partial charge on any atom is 0.255 e. The molecule has 3 saturated heterocycles. The zero-order valence-electron chi connectivity index (χ0n) is 27.1. The second kappa shape index (κ2) is 12.6. The van der Waals surface area contributed by atoms with Crippen molar-refractivity contribution in [2.24, 2.45) is 0 Å². The van der Waals surface area contributed by atoms with Crippen molar-refractivity contribution in [3.63, 3.8) is 0 Å². The Balaban J connectivity index is 0.815. The molecule has 0 bridgehead atoms. The molecule has 3 amide bonds. The zero-order valence-corrected chi connectivity index (χ0v) is 27.1. The average molecular weight is 651 g/mol. The van der Waals surface area contributed by atoms with E-state index in [0.29, 0.717) is 43.3 Å². The molecule has 8 rings (SSSR count). The second-order valence-corrected chi connectivity index (χ2v) is 14.1. The van der Waals surface area contributed by atoms with Crippen LogP contribution in [0, 0.1) is 0 Å². The van der Waals surface area contributed by atoms with Crippen molar-refractivity contribution >= 4 is 29.4 Å². The number of fused-ring (bicyclic) bond motifs is 1. The lowest BCUT2D eigenvalue weighted by atomic mass is 9.83. The lowest BCUT2D eigenvalue weighted by Gasteiger charge is -2.38. The topological polar surface area (TPSA) is 144 Å². The van der Waals surface area contributed by atoms with Crippen molar-refractivity contribution in [3.8, 4) is 0 Å². The number of nitrogens with one attached hydrogen (secondary N) is 2. The number of imide groups is 1. The van der Waals surface area contributed by atoms with Gasteiger partial charge in [-0.25, -0.2) is 9.97 Å². The van der Waals surface area contributed by atoms with E-state index in [1.54, 1.807) is 11.0 Å². The summed E-state index contributed by atoms with van der Waals surface area (Å²) < 4.78 is 0. The van der Waals surface area contributed by atoms with Crippen LogP contribution in [0.25, 0.3) is 0 Å². The minimum Gasteiger partial charge on any atom is -0.385 e. The molecule has 12 heteroatoms. The van der Waals surface area contributed by atoms with Crippen LogP contribution in [0.4, 0.5) is 11.6 Å². The highest BCUT2D eigenvalue weighted by molar-refractivity contribution is 6.05. The number of anilines is 2. The fraction of sp³-hybridized carbons (Fsp3) is 0.500. The summed E-state index contributed by atoms with van der Waals surface area (Å²) in [6, 6.07) is 9.54. The van der Waals surface area contributed by atoms with Gasteiger partial charge in [0.05, 0.1) is 23.2 Å². The first-order valence-corrected chi connectivity index (χ1v) is 17.3. The Labute approximate surface area is 279 Å². The van der Waals surface area contributed by atoms with Gasteiger partial charge in [-0.2, -0.15) is 0 Å². The van der Waals surface area contributed by atoms with Crippen LogP contribution < -0.4 is 15.5 Å². The number of piperidine rings is 3. The SMILES string of the molecule is O=C1CCC(N2Cc3cc(C4(O)CCN(Cc5ccc(N6CCC(Nc7ncc(C8CC8)cn7)CC6)cn5)CC4)ccc3C2=O)C(=O)N1. The Morgan fingerprint density at radius 2 is 1.67 bits per heavy atom. The van der Waals surface area contributed by atoms with Crippen LogP contribution >= 0.6 is 0 Å². The van der Waals surface area contributed by atoms with Crippen molar-refractivity contribution in [1.82, 2.24) is 30.1 Å². The minimum atomic E-state index is -0.985. The van der Waals surface area contributed by atoms with E-state index in [4.69, 9.17) is 4.98 Å². The third-order valence-electron chi connectivity index (χ3n) is 10.9. The van der Waals surface area contributed by atoms with Crippen LogP contribution in [0.5, 0.6) is 0 Å². The van der Waals surface area contributed by atoms with Crippen LogP contribution in [0.1, 0.15) is 90.0 Å². The van der Waals surface area contributed by atoms with Gasteiger partial charge < -0.3 is 20.2 Å². The molecule has 0 radical (unpaired) electrons. The Hall–Kier alpha value is -4.42. The normalized spacial score (nSPS) is 23.3. The van der Waals surface area contributed by atoms with Crippen LogP contribution in [-0.4, -0.2) is 85.8 Å². The third kappa shape index (κ3) is 6.26. The molecule has 1 atom stereocenters. The smallest absolute Gasteiger partial charge is 0.255 e. The van der Waals surface area contributed by atoms with Gasteiger partial charge in [-0.1, -0.05) is 12.1 Å². The van der Waals surface area contributed by atoms with E-state index in [2.05, 4.69) is 42.5 Å². The third-order valence-corrected chi connectivity index (χ3v) is 10.9. The molecule has 4 fully saturated rings. The van der Waals surface area contributed by atoms with E-state index < -0.39 is 17.6 Å². The number of aromatic nitrogens is 3. The Morgan fingerprint density at radius 1 is 0.896 bits per heavy atom. The van der Waals surface area contributed by atoms with Crippen LogP contribution in [0.2, 0.25) is 0 Å². The molecule has 5 aliphatic rings. The van der Waals surface area contributed by atoms with Gasteiger partial charge in [0.2, 0.25) is 17.8 Å². The summed E-state index contributed by atoms with van der Waals surface area (Å²) in [6.45, 7) is 4.39. The molecule has 1 aromatic carbocycles. The lowest BCUT2D eigenvalue weighted by molar-refractivity contribution is -0.136. The summed E-state index contributed by atoms with van der Waals surface area (Å²) in [5.74, 6) is 0.472. The molecule has 6 heterocycles. The van der Waals surface area contributed by atoms with E-state index in [1.807, 2.05) is 30.7 Å². The van der Waals surface area contributed by atoms with Crippen LogP contribution in [-0.2, 0) is 28.3 Å². The number of likely N-dealkylation sites (tertiary alicyclic amines) is 1. The second-order valence-electron chi connectivity index (χ2n) is 14.1. The minimum absolute atomic E-state index is 0.201. The first kappa shape index (κ1) is 30.9. The first-order valence-electron chi connectivity index (χ1n) is 17.3. The highest BCUT2D eigenvalue weighted by atomic mass is 16.3. The predicted molar refractivity (Wildman–Crippen MR) is 178 cm³/mol. The van der Waals surface area contributed by atoms with Crippen molar-refractivity contribution in [2.75, 3.05) is 36.4 Å². The summed E-state index contributed by atoms with van der Waals surface area (Å²) in [6.07, 6.45) is 12.2. The molecule has 3 N–H and O–H groups in total. The number of nitrogens with zero attached hydrogens (tertiary/aromatic N) is 6. The van der Waals surface area contributed by atoms with E-state index >= 15 is 0 Å². The Kier molecular flexibility index (Phi) is 8.08. The van der Waals surface area contributed by atoms with Crippen LogP contribution in [0.3, 0.4) is 0 Å². The Bertz CT molecular complexity index is 1690. The summed E-state index contributed by atoms with van der Waals surface area (Å²) in [7, 11) is 0. The van der Waals surface area contributed by atoms with Crippen molar-refractivity contribution in [1.29, 1.82) is 0 Å². The van der Waals surface area contributed by atoms with Gasteiger partial charge in [0.25, 0.3) is 5.91 Å². The number of rotatable bonds is 8. The standard InChI is InChI=1S/C36H42N8O4/c45-32-8-7-31(33(46)41-32)44-21-24-17-26(3-6-30(24)34(44)47)36(48)11-15-42(16-12-36)22-28-4-5-29(20-37-28)43-13-9-27(10-14-43)40-35-38-18-25(19-39-35)23-1-2-23/h3-6,17-20,23,27,31,48H,1-2,7-16,21-22H2,(H,38,39,40)(H,41,45,46). The fourth-order valence-electron chi connectivity index (χ4n) is 7.66. The molecule has 48 heavy (non-hydrogen) atoms. The first-order chi connectivity index (χ1) is 23.3. The number of hydrogen-bond acceptors (Lipinski definition) is 10. The predicted octanol–water partition coefficient (Wildman–Crippen LogP) is 3.07. The zero-order chi connectivity index (χ0) is 32.8. The number of pyridine rings is 1. The van der Waals surface area contributed by atoms with Gasteiger partial charge in [-0.05, 0) is 85.8 Å². The summed E-state index contributed by atoms with van der Waals surface area (Å²) in [4.78, 5) is 57.2. The van der Waals surface area contributed by atoms with Gasteiger partial charge in [-0.3, -0.25) is 29.6 Å². The highest BCUT2D eigenvalue weighted by Gasteiger charge is 2.41. The highest BCUT2D eigenvalue weighted by Crippen LogP contribution is 2.39. The number of carbonyl (C=O) groups is 3. The fourth-order valence-corrected chi connectivity index (χ4v) is 7.66. The van der Waals surface area contributed by atoms with Gasteiger partial charge in [0.15, 0.2) is 0 Å². The summed E-state index contributed by atoms with van der Waals surface area (Å²) in [5.41, 5.74) is 4.60. The van der Waals surface area contributed by atoms with E-state index in [0.717, 1.165) is 74.0 Å². The van der Waals surface area contributed by atoms with E-state index in [9.17, 15) is 19.5 Å². The number of benzene rings is 1. The molecule has 1 aliphatic carbocycles. The summed E-state index contributed by atoms with van der Waals surface area (Å²) >= 11 is 0. The number of carbonyl (C=O) groups excluding carboxylic acids is 3. The molecule has 4 aliphatic heterocycles. The lowest BCUT2D eigenvalue weighted by Crippen LogP contribution is -2.52. The molecule has 12 nitrogen and oxygen atoms in total. The van der Waals surface area contributed by atoms with Gasteiger partial charge in [0.1, 0.15) is 6.04 Å². The molecule has 250 valence electrons. The molecule has 0 spiro atoms. The number of aliphatic hydroxyl groups is 1. The Morgan fingerprint density at radius 3 is 2.35 bits per heavy atom. The number of hydrogen-bond donors (Lipinski definition) is 3. The van der Waals surface area contributed by atoms with Gasteiger partial charge >= 0.3 is 0 Å². The van der Waals surface area contributed by atoms with Crippen LogP contribution in [0.15, 0.2) is 48.9 Å². The largest absolute Gasteiger partial charge is 0.385 e. The maximum absolute atomic E-state index is 13.1. The summed E-state index contributed by atoms with van der Waals surface area (Å²) in [5, 5.41) is 17.5. The van der Waals surface area contributed by atoms with Crippen molar-refractivity contribution < 1.29 is 19.5 Å². The van der Waals surface area contributed by atoms with Gasteiger partial charge in [-0.15, -0.1) is 0 Å². The van der Waals surface area contributed by atoms with Gasteiger partial charge in [0, 0.05) is 69.7 Å². The number of amides is 3. The van der Waals surface area contributed by atoms with Crippen molar-refractivity contribution in [3.05, 3.63) is 76.9 Å². The maximum atomic E-state index is 13.1. The quantitative estimate of drug-likeness (QED) is 0.311.